The molecule has 1 amide bonds. The van der Waals surface area contributed by atoms with Crippen LogP contribution >= 0.6 is 0 Å². The van der Waals surface area contributed by atoms with Crippen LogP contribution in [0.4, 0.5) is 0 Å². The van der Waals surface area contributed by atoms with Gasteiger partial charge in [0.15, 0.2) is 14.6 Å². The number of carbonyl (C=O) groups excluding carboxylic acids is 1. The fourth-order valence-corrected chi connectivity index (χ4v) is 5.94. The van der Waals surface area contributed by atoms with Gasteiger partial charge in [-0.2, -0.15) is 0 Å². The lowest BCUT2D eigenvalue weighted by molar-refractivity contribution is -0.133. The molecule has 186 valence electrons. The maximum absolute atomic E-state index is 13.6. The Morgan fingerprint density at radius 2 is 1.56 bits per heavy atom. The van der Waals surface area contributed by atoms with Gasteiger partial charge in [0.1, 0.15) is 17.2 Å². The summed E-state index contributed by atoms with van der Waals surface area (Å²) in [5, 5.41) is 9.32. The molecule has 2 aromatic rings. The van der Waals surface area contributed by atoms with Crippen LogP contribution < -0.4 is 15.0 Å². The van der Waals surface area contributed by atoms with Crippen molar-refractivity contribution in [2.45, 2.75) is 42.4 Å². The lowest BCUT2D eigenvalue weighted by Crippen LogP contribution is -2.57. The largest absolute Gasteiger partial charge is 0.491 e. The van der Waals surface area contributed by atoms with Crippen LogP contribution in [-0.2, 0) is 19.4 Å². The van der Waals surface area contributed by atoms with Crippen LogP contribution in [0, 0.1) is 0 Å². The zero-order valence-corrected chi connectivity index (χ0v) is 20.5. The molecule has 0 bridgehead atoms. The molecule has 2 N–H and O–H groups in total. The van der Waals surface area contributed by atoms with Crippen molar-refractivity contribution in [3.8, 4) is 17.2 Å². The third kappa shape index (κ3) is 5.69. The van der Waals surface area contributed by atoms with Crippen molar-refractivity contribution in [1.29, 1.82) is 0 Å². The Labute approximate surface area is 200 Å². The molecular weight excluding hydrogens is 460 g/mol. The topological polar surface area (TPSA) is 114 Å². The summed E-state index contributed by atoms with van der Waals surface area (Å²) >= 11 is 0. The second kappa shape index (κ2) is 11.2. The number of rotatable bonds is 10. The highest BCUT2D eigenvalue weighted by Gasteiger charge is 2.52. The van der Waals surface area contributed by atoms with Gasteiger partial charge in [0.25, 0.3) is 5.91 Å². The molecular formula is C24H32N2O7S. The summed E-state index contributed by atoms with van der Waals surface area (Å²) in [5.74, 6) is 0.838. The van der Waals surface area contributed by atoms with Crippen LogP contribution in [0.25, 0.3) is 0 Å². The molecule has 1 aliphatic heterocycles. The third-order valence-electron chi connectivity index (χ3n) is 5.87. The van der Waals surface area contributed by atoms with E-state index in [1.54, 1.807) is 49.0 Å². The van der Waals surface area contributed by atoms with Crippen LogP contribution in [0.3, 0.4) is 0 Å². The number of ether oxygens (including phenoxy) is 3. The van der Waals surface area contributed by atoms with E-state index < -0.39 is 20.5 Å². The molecule has 0 unspecified atom stereocenters. The van der Waals surface area contributed by atoms with E-state index in [0.29, 0.717) is 37.7 Å². The third-order valence-corrected chi connectivity index (χ3v) is 8.39. The van der Waals surface area contributed by atoms with Gasteiger partial charge in [-0.15, -0.1) is 0 Å². The summed E-state index contributed by atoms with van der Waals surface area (Å²) in [6.45, 7) is 5.84. The van der Waals surface area contributed by atoms with Crippen molar-refractivity contribution in [3.05, 3.63) is 48.5 Å². The van der Waals surface area contributed by atoms with E-state index in [4.69, 9.17) is 14.2 Å². The normalized spacial score (nSPS) is 16.3. The predicted octanol–water partition coefficient (Wildman–Crippen LogP) is 3.03. The van der Waals surface area contributed by atoms with Crippen molar-refractivity contribution in [2.24, 2.45) is 0 Å². The SMILES string of the molecule is COCCN1CCC(C(=O)NO)(S(=O)(=O)c2ccc(Oc3ccc(OC(C)C)cc3)cc2)CC1. The number of carbonyl (C=O) groups is 1. The van der Waals surface area contributed by atoms with E-state index in [-0.39, 0.29) is 23.8 Å². The van der Waals surface area contributed by atoms with Crippen LogP contribution in [0.5, 0.6) is 17.2 Å². The van der Waals surface area contributed by atoms with Gasteiger partial charge in [0.2, 0.25) is 0 Å². The molecule has 0 radical (unpaired) electrons. The highest BCUT2D eigenvalue weighted by Crippen LogP contribution is 2.37. The molecule has 9 nitrogen and oxygen atoms in total. The quantitative estimate of drug-likeness (QED) is 0.384. The second-order valence-electron chi connectivity index (χ2n) is 8.48. The van der Waals surface area contributed by atoms with Crippen molar-refractivity contribution >= 4 is 15.7 Å². The molecule has 0 atom stereocenters. The van der Waals surface area contributed by atoms with Gasteiger partial charge in [0.05, 0.1) is 17.6 Å². The summed E-state index contributed by atoms with van der Waals surface area (Å²) < 4.78 is 41.9. The Kier molecular flexibility index (Phi) is 8.53. The van der Waals surface area contributed by atoms with Crippen molar-refractivity contribution < 1.29 is 32.6 Å². The zero-order chi connectivity index (χ0) is 24.8. The van der Waals surface area contributed by atoms with E-state index in [0.717, 1.165) is 5.75 Å². The molecule has 1 heterocycles. The molecule has 1 aliphatic rings. The summed E-state index contributed by atoms with van der Waals surface area (Å²) in [6, 6.07) is 13.1. The van der Waals surface area contributed by atoms with E-state index in [9.17, 15) is 18.4 Å². The number of nitrogens with one attached hydrogen (secondary N) is 1. The maximum Gasteiger partial charge on any atom is 0.265 e. The van der Waals surface area contributed by atoms with E-state index >= 15 is 0 Å². The van der Waals surface area contributed by atoms with Crippen LogP contribution in [0.2, 0.25) is 0 Å². The molecule has 34 heavy (non-hydrogen) atoms. The molecule has 1 fully saturated rings. The maximum atomic E-state index is 13.6. The summed E-state index contributed by atoms with van der Waals surface area (Å²) in [5.41, 5.74) is 1.57. The molecule has 0 aromatic heterocycles. The van der Waals surface area contributed by atoms with Gasteiger partial charge < -0.3 is 19.1 Å². The van der Waals surface area contributed by atoms with Crippen LogP contribution in [-0.4, -0.2) is 68.6 Å². The first-order valence-electron chi connectivity index (χ1n) is 11.2. The minimum Gasteiger partial charge on any atom is -0.491 e. The smallest absolute Gasteiger partial charge is 0.265 e. The summed E-state index contributed by atoms with van der Waals surface area (Å²) in [4.78, 5) is 14.6. The van der Waals surface area contributed by atoms with E-state index in [2.05, 4.69) is 0 Å². The van der Waals surface area contributed by atoms with Crippen molar-refractivity contribution in [3.63, 3.8) is 0 Å². The molecule has 3 rings (SSSR count). The lowest BCUT2D eigenvalue weighted by Gasteiger charge is -2.39. The number of methoxy groups -OCH3 is 1. The molecule has 10 heteroatoms. The highest BCUT2D eigenvalue weighted by atomic mass is 32.2. The molecule has 2 aromatic carbocycles. The van der Waals surface area contributed by atoms with E-state index in [1.165, 1.54) is 12.1 Å². The Morgan fingerprint density at radius 1 is 1.03 bits per heavy atom. The number of hydrogen-bond donors (Lipinski definition) is 2. The molecule has 0 saturated carbocycles. The van der Waals surface area contributed by atoms with Gasteiger partial charge >= 0.3 is 0 Å². The number of benzene rings is 2. The number of amides is 1. The summed E-state index contributed by atoms with van der Waals surface area (Å²) in [7, 11) is -2.49. The Balaban J connectivity index is 1.76. The Morgan fingerprint density at radius 3 is 2.06 bits per heavy atom. The van der Waals surface area contributed by atoms with Gasteiger partial charge in [-0.3, -0.25) is 10.0 Å². The minimum absolute atomic E-state index is 0.00512. The average Bonchev–Trinajstić information content (AvgIpc) is 2.83. The standard InChI is InChI=1S/C24H32N2O7S/c1-18(2)32-19-4-6-20(7-5-19)33-21-8-10-22(11-9-21)34(29,30)24(23(27)25-28)12-14-26(15-13-24)16-17-31-3/h4-11,18,28H,12-17H2,1-3H3,(H,25,27). The van der Waals surface area contributed by atoms with Crippen LogP contribution in [0.15, 0.2) is 53.4 Å². The van der Waals surface area contributed by atoms with E-state index in [1.807, 2.05) is 18.7 Å². The fraction of sp³-hybridized carbons (Fsp3) is 0.458. The zero-order valence-electron chi connectivity index (χ0n) is 19.7. The van der Waals surface area contributed by atoms with Crippen LogP contribution in [0.1, 0.15) is 26.7 Å². The Hall–Kier alpha value is -2.66. The minimum atomic E-state index is -4.09. The number of hydroxylamine groups is 1. The highest BCUT2D eigenvalue weighted by molar-refractivity contribution is 7.93. The fourth-order valence-electron chi connectivity index (χ4n) is 3.98. The summed E-state index contributed by atoms with van der Waals surface area (Å²) in [6.07, 6.45) is 0.193. The van der Waals surface area contributed by atoms with Crippen molar-refractivity contribution in [2.75, 3.05) is 33.4 Å². The molecule has 0 spiro atoms. The van der Waals surface area contributed by atoms with Gasteiger partial charge in [-0.1, -0.05) is 0 Å². The van der Waals surface area contributed by atoms with Crippen molar-refractivity contribution in [1.82, 2.24) is 10.4 Å². The second-order valence-corrected chi connectivity index (χ2v) is 10.7. The number of sulfone groups is 1. The van der Waals surface area contributed by atoms with Gasteiger partial charge in [-0.25, -0.2) is 13.9 Å². The number of nitrogens with zero attached hydrogens (tertiary/aromatic N) is 1. The molecule has 0 aliphatic carbocycles. The lowest BCUT2D eigenvalue weighted by atomic mass is 9.95. The first-order chi connectivity index (χ1) is 16.2. The number of likely N-dealkylation sites (tertiary alicyclic amines) is 1. The van der Waals surface area contributed by atoms with Gasteiger partial charge in [-0.05, 0) is 75.2 Å². The van der Waals surface area contributed by atoms with Gasteiger partial charge in [0, 0.05) is 26.7 Å². The predicted molar refractivity (Wildman–Crippen MR) is 126 cm³/mol. The monoisotopic (exact) mass is 492 g/mol. The number of hydrogen-bond acceptors (Lipinski definition) is 8. The number of piperidine rings is 1. The average molecular weight is 493 g/mol. The molecule has 1 saturated heterocycles. The first-order valence-corrected chi connectivity index (χ1v) is 12.7. The Bertz CT molecular complexity index is 1050. The first kappa shape index (κ1) is 26.0.